The lowest BCUT2D eigenvalue weighted by atomic mass is 10.1. The minimum atomic E-state index is -3.50. The van der Waals surface area contributed by atoms with Crippen LogP contribution in [0, 0.1) is 0 Å². The number of amides is 1. The quantitative estimate of drug-likeness (QED) is 0.761. The summed E-state index contributed by atoms with van der Waals surface area (Å²) in [4.78, 5) is 14.5. The van der Waals surface area contributed by atoms with Gasteiger partial charge in [-0.3, -0.25) is 4.79 Å². The SMILES string of the molecule is COc1ccccc1CCC(=O)N1CCN(S(=O)(=O)c2ccccc2)CC1. The summed E-state index contributed by atoms with van der Waals surface area (Å²) in [6.45, 7) is 1.46. The molecular formula is C20H24N2O4S. The van der Waals surface area contributed by atoms with Crippen molar-refractivity contribution in [1.82, 2.24) is 9.21 Å². The number of sulfonamides is 1. The molecule has 0 N–H and O–H groups in total. The van der Waals surface area contributed by atoms with Crippen molar-refractivity contribution < 1.29 is 17.9 Å². The van der Waals surface area contributed by atoms with E-state index in [9.17, 15) is 13.2 Å². The molecule has 0 radical (unpaired) electrons. The van der Waals surface area contributed by atoms with Crippen LogP contribution in [0.3, 0.4) is 0 Å². The number of carbonyl (C=O) groups excluding carboxylic acids is 1. The summed E-state index contributed by atoms with van der Waals surface area (Å²) in [5, 5.41) is 0. The highest BCUT2D eigenvalue weighted by Crippen LogP contribution is 2.20. The molecule has 1 saturated heterocycles. The average Bonchev–Trinajstić information content (AvgIpc) is 2.73. The second kappa shape index (κ2) is 8.54. The van der Waals surface area contributed by atoms with Crippen LogP contribution in [0.5, 0.6) is 5.75 Å². The van der Waals surface area contributed by atoms with E-state index >= 15 is 0 Å². The largest absolute Gasteiger partial charge is 0.496 e. The van der Waals surface area contributed by atoms with Crippen LogP contribution in [0.15, 0.2) is 59.5 Å². The first kappa shape index (κ1) is 19.4. The van der Waals surface area contributed by atoms with Gasteiger partial charge >= 0.3 is 0 Å². The van der Waals surface area contributed by atoms with Crippen molar-refractivity contribution in [2.24, 2.45) is 0 Å². The molecule has 0 atom stereocenters. The Kier molecular flexibility index (Phi) is 6.13. The Bertz CT molecular complexity index is 876. The monoisotopic (exact) mass is 388 g/mol. The van der Waals surface area contributed by atoms with Crippen molar-refractivity contribution in [3.8, 4) is 5.75 Å². The van der Waals surface area contributed by atoms with Gasteiger partial charge < -0.3 is 9.64 Å². The zero-order chi connectivity index (χ0) is 19.3. The molecule has 7 heteroatoms. The number of para-hydroxylation sites is 1. The highest BCUT2D eigenvalue weighted by molar-refractivity contribution is 7.89. The van der Waals surface area contributed by atoms with Gasteiger partial charge in [-0.05, 0) is 30.2 Å². The smallest absolute Gasteiger partial charge is 0.243 e. The van der Waals surface area contributed by atoms with E-state index in [4.69, 9.17) is 4.74 Å². The van der Waals surface area contributed by atoms with Gasteiger partial charge in [-0.1, -0.05) is 36.4 Å². The maximum Gasteiger partial charge on any atom is 0.243 e. The first-order valence-corrected chi connectivity index (χ1v) is 10.4. The first-order chi connectivity index (χ1) is 13.0. The molecule has 1 aliphatic rings. The van der Waals surface area contributed by atoms with Crippen LogP contribution in [0.2, 0.25) is 0 Å². The second-order valence-corrected chi connectivity index (χ2v) is 8.35. The third-order valence-corrected chi connectivity index (χ3v) is 6.69. The number of hydrogen-bond donors (Lipinski definition) is 0. The number of piperazine rings is 1. The lowest BCUT2D eigenvalue weighted by molar-refractivity contribution is -0.132. The zero-order valence-corrected chi connectivity index (χ0v) is 16.2. The van der Waals surface area contributed by atoms with Gasteiger partial charge in [0.05, 0.1) is 12.0 Å². The normalized spacial score (nSPS) is 15.5. The van der Waals surface area contributed by atoms with Gasteiger partial charge in [0.15, 0.2) is 0 Å². The molecule has 27 heavy (non-hydrogen) atoms. The lowest BCUT2D eigenvalue weighted by Gasteiger charge is -2.34. The van der Waals surface area contributed by atoms with Gasteiger partial charge in [0.2, 0.25) is 15.9 Å². The summed E-state index contributed by atoms with van der Waals surface area (Å²) >= 11 is 0. The summed E-state index contributed by atoms with van der Waals surface area (Å²) in [5.74, 6) is 0.821. The molecule has 144 valence electrons. The lowest BCUT2D eigenvalue weighted by Crippen LogP contribution is -2.50. The molecule has 2 aromatic carbocycles. The highest BCUT2D eigenvalue weighted by Gasteiger charge is 2.29. The van der Waals surface area contributed by atoms with Crippen molar-refractivity contribution in [3.63, 3.8) is 0 Å². The van der Waals surface area contributed by atoms with E-state index in [0.717, 1.165) is 11.3 Å². The number of nitrogens with zero attached hydrogens (tertiary/aromatic N) is 2. The van der Waals surface area contributed by atoms with E-state index in [0.29, 0.717) is 43.9 Å². The van der Waals surface area contributed by atoms with Gasteiger partial charge in [-0.15, -0.1) is 0 Å². The van der Waals surface area contributed by atoms with Crippen molar-refractivity contribution in [3.05, 3.63) is 60.2 Å². The summed E-state index contributed by atoms with van der Waals surface area (Å²) in [6.07, 6.45) is 0.983. The van der Waals surface area contributed by atoms with E-state index in [1.807, 2.05) is 24.3 Å². The zero-order valence-electron chi connectivity index (χ0n) is 15.4. The molecule has 1 amide bonds. The second-order valence-electron chi connectivity index (χ2n) is 6.41. The molecule has 1 heterocycles. The topological polar surface area (TPSA) is 66.9 Å². The Labute approximate surface area is 160 Å². The number of hydrogen-bond acceptors (Lipinski definition) is 4. The first-order valence-electron chi connectivity index (χ1n) is 8.97. The van der Waals surface area contributed by atoms with Crippen molar-refractivity contribution in [2.75, 3.05) is 33.3 Å². The summed E-state index contributed by atoms with van der Waals surface area (Å²) < 4.78 is 32.1. The molecule has 0 spiro atoms. The maximum absolute atomic E-state index is 12.7. The third kappa shape index (κ3) is 4.48. The molecule has 0 bridgehead atoms. The molecule has 0 aliphatic carbocycles. The number of rotatable bonds is 6. The predicted octanol–water partition coefficient (Wildman–Crippen LogP) is 2.16. The molecule has 1 fully saturated rings. The van der Waals surface area contributed by atoms with Gasteiger partial charge in [-0.25, -0.2) is 8.42 Å². The van der Waals surface area contributed by atoms with Crippen molar-refractivity contribution >= 4 is 15.9 Å². The number of ether oxygens (including phenoxy) is 1. The Balaban J connectivity index is 1.55. The van der Waals surface area contributed by atoms with Crippen LogP contribution < -0.4 is 4.74 Å². The fourth-order valence-corrected chi connectivity index (χ4v) is 4.67. The number of methoxy groups -OCH3 is 1. The summed E-state index contributed by atoms with van der Waals surface area (Å²) in [6, 6.07) is 16.1. The number of aryl methyl sites for hydroxylation is 1. The van der Waals surface area contributed by atoms with E-state index in [2.05, 4.69) is 0 Å². The molecular weight excluding hydrogens is 364 g/mol. The van der Waals surface area contributed by atoms with Crippen molar-refractivity contribution in [2.45, 2.75) is 17.7 Å². The van der Waals surface area contributed by atoms with Gasteiger partial charge in [-0.2, -0.15) is 4.31 Å². The van der Waals surface area contributed by atoms with Crippen LogP contribution in [-0.4, -0.2) is 56.8 Å². The van der Waals surface area contributed by atoms with Gasteiger partial charge in [0.25, 0.3) is 0 Å². The minimum absolute atomic E-state index is 0.0395. The van der Waals surface area contributed by atoms with Crippen LogP contribution in [0.1, 0.15) is 12.0 Å². The van der Waals surface area contributed by atoms with Crippen LogP contribution >= 0.6 is 0 Å². The molecule has 3 rings (SSSR count). The van der Waals surface area contributed by atoms with Crippen LogP contribution in [-0.2, 0) is 21.2 Å². The Morgan fingerprint density at radius 2 is 1.59 bits per heavy atom. The van der Waals surface area contributed by atoms with Gasteiger partial charge in [0, 0.05) is 32.6 Å². The summed E-state index contributed by atoms with van der Waals surface area (Å²) in [5.41, 5.74) is 0.999. The Morgan fingerprint density at radius 1 is 0.963 bits per heavy atom. The molecule has 2 aromatic rings. The minimum Gasteiger partial charge on any atom is -0.496 e. The maximum atomic E-state index is 12.7. The Morgan fingerprint density at radius 3 is 2.26 bits per heavy atom. The molecule has 6 nitrogen and oxygen atoms in total. The van der Waals surface area contributed by atoms with Gasteiger partial charge in [0.1, 0.15) is 5.75 Å². The number of benzene rings is 2. The summed E-state index contributed by atoms with van der Waals surface area (Å²) in [7, 11) is -1.88. The van der Waals surface area contributed by atoms with Crippen LogP contribution in [0.4, 0.5) is 0 Å². The number of carbonyl (C=O) groups is 1. The predicted molar refractivity (Wildman–Crippen MR) is 103 cm³/mol. The van der Waals surface area contributed by atoms with E-state index < -0.39 is 10.0 Å². The highest BCUT2D eigenvalue weighted by atomic mass is 32.2. The van der Waals surface area contributed by atoms with E-state index in [1.165, 1.54) is 4.31 Å². The Hall–Kier alpha value is -2.38. The van der Waals surface area contributed by atoms with E-state index in [1.54, 1.807) is 42.3 Å². The molecule has 0 saturated carbocycles. The fraction of sp³-hybridized carbons (Fsp3) is 0.350. The van der Waals surface area contributed by atoms with Crippen molar-refractivity contribution in [1.29, 1.82) is 0 Å². The van der Waals surface area contributed by atoms with E-state index in [-0.39, 0.29) is 5.91 Å². The third-order valence-electron chi connectivity index (χ3n) is 4.77. The molecule has 0 aromatic heterocycles. The van der Waals surface area contributed by atoms with Crippen LogP contribution in [0.25, 0.3) is 0 Å². The fourth-order valence-electron chi connectivity index (χ4n) is 3.23. The molecule has 1 aliphatic heterocycles. The standard InChI is InChI=1S/C20H24N2O4S/c1-26-19-10-6-5-7-17(19)11-12-20(23)21-13-15-22(16-14-21)27(24,25)18-8-3-2-4-9-18/h2-10H,11-16H2,1H3. The molecule has 0 unspecified atom stereocenters. The average molecular weight is 388 g/mol.